The minimum absolute atomic E-state index is 0.0219. The molecular formula is C37H59N3O10. The molecule has 3 amide bonds. The Morgan fingerprint density at radius 3 is 2.44 bits per heavy atom. The number of hydrogen-bond acceptors (Lipinski definition) is 10. The molecule has 4 fully saturated rings. The van der Waals surface area contributed by atoms with Crippen LogP contribution in [-0.2, 0) is 38.1 Å². The summed E-state index contributed by atoms with van der Waals surface area (Å²) in [7, 11) is 1.45. The number of methoxy groups -OCH3 is 1. The van der Waals surface area contributed by atoms with Gasteiger partial charge in [-0.3, -0.25) is 14.4 Å². The Morgan fingerprint density at radius 2 is 1.68 bits per heavy atom. The van der Waals surface area contributed by atoms with E-state index in [1.54, 1.807) is 0 Å². The maximum Gasteiger partial charge on any atom is 0.332 e. The van der Waals surface area contributed by atoms with E-state index in [1.165, 1.54) is 12.7 Å². The fourth-order valence-electron chi connectivity index (χ4n) is 10.2. The van der Waals surface area contributed by atoms with Gasteiger partial charge in [-0.1, -0.05) is 25.5 Å². The van der Waals surface area contributed by atoms with E-state index in [-0.39, 0.29) is 80.7 Å². The van der Waals surface area contributed by atoms with Crippen LogP contribution in [-0.4, -0.2) is 104 Å². The molecule has 5 rings (SSSR count). The lowest BCUT2D eigenvalue weighted by Crippen LogP contribution is -2.57. The van der Waals surface area contributed by atoms with Gasteiger partial charge in [-0.25, -0.2) is 4.79 Å². The van der Waals surface area contributed by atoms with E-state index in [2.05, 4.69) is 30.6 Å². The molecule has 0 bridgehead atoms. The molecule has 0 heterocycles. The number of carbonyl (C=O) groups excluding carboxylic acids is 4. The van der Waals surface area contributed by atoms with Crippen molar-refractivity contribution in [3.05, 3.63) is 11.6 Å². The highest BCUT2D eigenvalue weighted by molar-refractivity contribution is 5.84. The van der Waals surface area contributed by atoms with Crippen molar-refractivity contribution in [2.24, 2.45) is 40.2 Å². The molecule has 0 radical (unpaired) electrons. The van der Waals surface area contributed by atoms with Crippen LogP contribution in [0.25, 0.3) is 0 Å². The molecule has 0 aromatic rings. The van der Waals surface area contributed by atoms with Crippen LogP contribution in [0.4, 0.5) is 0 Å². The van der Waals surface area contributed by atoms with Crippen molar-refractivity contribution in [1.29, 1.82) is 0 Å². The Bertz CT molecular complexity index is 1260. The molecule has 282 valence electrons. The molecule has 50 heavy (non-hydrogen) atoms. The van der Waals surface area contributed by atoms with Gasteiger partial charge in [0.1, 0.15) is 12.7 Å². The summed E-state index contributed by atoms with van der Waals surface area (Å²) in [5.74, 6) is -0.892. The van der Waals surface area contributed by atoms with E-state index in [0.29, 0.717) is 30.6 Å². The Kier molecular flexibility index (Phi) is 13.0. The number of esters is 1. The van der Waals surface area contributed by atoms with Gasteiger partial charge in [0.25, 0.3) is 0 Å². The van der Waals surface area contributed by atoms with Gasteiger partial charge in [-0.05, 0) is 87.4 Å². The normalized spacial score (nSPS) is 37.8. The van der Waals surface area contributed by atoms with Gasteiger partial charge in [-0.2, -0.15) is 0 Å². The maximum atomic E-state index is 12.7. The third kappa shape index (κ3) is 8.54. The number of carbonyl (C=O) groups is 4. The van der Waals surface area contributed by atoms with Crippen LogP contribution in [0.3, 0.4) is 0 Å². The zero-order valence-corrected chi connectivity index (χ0v) is 30.0. The van der Waals surface area contributed by atoms with Gasteiger partial charge < -0.3 is 45.5 Å². The van der Waals surface area contributed by atoms with E-state index in [1.807, 2.05) is 0 Å². The molecule has 5 aliphatic carbocycles. The van der Waals surface area contributed by atoms with Crippen LogP contribution in [0.2, 0.25) is 0 Å². The molecule has 5 aliphatic rings. The highest BCUT2D eigenvalue weighted by atomic mass is 16.6. The van der Waals surface area contributed by atoms with Crippen molar-refractivity contribution in [1.82, 2.24) is 10.6 Å². The molecule has 0 saturated heterocycles. The molecule has 0 aliphatic heterocycles. The fraction of sp³-hybridized carbons (Fsp3) is 0.838. The number of primary amides is 1. The van der Waals surface area contributed by atoms with Crippen LogP contribution in [0, 0.1) is 34.5 Å². The standard InChI is InChI=1S/C37H59N3O10/c1-36-14-12-23(41)20-22(36)4-5-24-25-6-9-29(37(25,2)15-13-26(24)36)50-32(44)21-49-19-18-48-17-16-39-30(42)10-11-31(43)40-27-7-8-28(47-3)33(34(27)45)35(38)46/h4,23-29,33-34,41,45H,5-21H2,1-3H3,(H2,38,46)(H,39,42)(H,40,43)/t23-,24?,25?,26?,27?,28?,29-,33?,34?,36-,37-/m1/s1. The summed E-state index contributed by atoms with van der Waals surface area (Å²) in [6.45, 7) is 5.57. The third-order valence-electron chi connectivity index (χ3n) is 12.9. The number of amides is 3. The molecule has 0 aromatic carbocycles. The molecule has 6 N–H and O–H groups in total. The van der Waals surface area contributed by atoms with E-state index >= 15 is 0 Å². The minimum atomic E-state index is -1.16. The van der Waals surface area contributed by atoms with Crippen molar-refractivity contribution in [3.8, 4) is 0 Å². The Hall–Kier alpha value is -2.58. The molecule has 13 heteroatoms. The summed E-state index contributed by atoms with van der Waals surface area (Å²) >= 11 is 0. The predicted molar refractivity (Wildman–Crippen MR) is 182 cm³/mol. The monoisotopic (exact) mass is 705 g/mol. The van der Waals surface area contributed by atoms with Crippen LogP contribution in [0.5, 0.6) is 0 Å². The van der Waals surface area contributed by atoms with E-state index in [4.69, 9.17) is 24.7 Å². The highest BCUT2D eigenvalue weighted by Crippen LogP contribution is 2.65. The zero-order valence-electron chi connectivity index (χ0n) is 30.0. The van der Waals surface area contributed by atoms with E-state index in [0.717, 1.165) is 51.4 Å². The second-order valence-electron chi connectivity index (χ2n) is 15.7. The van der Waals surface area contributed by atoms with Crippen molar-refractivity contribution >= 4 is 23.7 Å². The van der Waals surface area contributed by atoms with Crippen molar-refractivity contribution in [2.45, 2.75) is 121 Å². The molecule has 4 saturated carbocycles. The number of fused-ring (bicyclic) bond motifs is 5. The van der Waals surface area contributed by atoms with E-state index < -0.39 is 36.0 Å². The second-order valence-corrected chi connectivity index (χ2v) is 15.7. The first kappa shape index (κ1) is 38.6. The quantitative estimate of drug-likeness (QED) is 0.0954. The summed E-state index contributed by atoms with van der Waals surface area (Å²) in [4.78, 5) is 49.1. The molecule has 7 unspecified atom stereocenters. The zero-order chi connectivity index (χ0) is 36.1. The maximum absolute atomic E-state index is 12.7. The molecular weight excluding hydrogens is 646 g/mol. The summed E-state index contributed by atoms with van der Waals surface area (Å²) in [6.07, 6.45) is 9.24. The number of aliphatic hydroxyl groups excluding tert-OH is 2. The number of nitrogens with one attached hydrogen (secondary N) is 2. The molecule has 0 aromatic heterocycles. The van der Waals surface area contributed by atoms with E-state index in [9.17, 15) is 29.4 Å². The van der Waals surface area contributed by atoms with Crippen molar-refractivity contribution in [2.75, 3.05) is 40.1 Å². The summed E-state index contributed by atoms with van der Waals surface area (Å²) < 4.78 is 22.3. The van der Waals surface area contributed by atoms with Crippen molar-refractivity contribution in [3.63, 3.8) is 0 Å². The lowest BCUT2D eigenvalue weighted by molar-refractivity contribution is -0.165. The molecule has 0 spiro atoms. The number of nitrogens with two attached hydrogens (primary N) is 1. The van der Waals surface area contributed by atoms with Crippen LogP contribution in [0.15, 0.2) is 11.6 Å². The highest BCUT2D eigenvalue weighted by Gasteiger charge is 2.59. The topological polar surface area (TPSA) is 196 Å². The minimum Gasteiger partial charge on any atom is -0.460 e. The summed E-state index contributed by atoms with van der Waals surface area (Å²) in [5.41, 5.74) is 7.05. The number of allylic oxidation sites excluding steroid dienone is 1. The summed E-state index contributed by atoms with van der Waals surface area (Å²) in [5, 5.41) is 26.2. The number of aliphatic hydroxyl groups is 2. The van der Waals surface area contributed by atoms with Gasteiger partial charge in [-0.15, -0.1) is 0 Å². The number of ether oxygens (including phenoxy) is 4. The van der Waals surface area contributed by atoms with Crippen LogP contribution < -0.4 is 16.4 Å². The smallest absolute Gasteiger partial charge is 0.332 e. The Labute approximate surface area is 295 Å². The van der Waals surface area contributed by atoms with Gasteiger partial charge in [0, 0.05) is 31.9 Å². The number of hydrogen-bond donors (Lipinski definition) is 5. The third-order valence-corrected chi connectivity index (χ3v) is 12.9. The lowest BCUT2D eigenvalue weighted by Gasteiger charge is -2.57. The first-order valence-electron chi connectivity index (χ1n) is 18.7. The van der Waals surface area contributed by atoms with Gasteiger partial charge in [0.05, 0.1) is 50.1 Å². The largest absolute Gasteiger partial charge is 0.460 e. The number of rotatable bonds is 15. The van der Waals surface area contributed by atoms with Gasteiger partial charge in [0.2, 0.25) is 17.7 Å². The fourth-order valence-corrected chi connectivity index (χ4v) is 10.2. The predicted octanol–water partition coefficient (Wildman–Crippen LogP) is 1.91. The average molecular weight is 706 g/mol. The average Bonchev–Trinajstić information content (AvgIpc) is 3.41. The SMILES string of the molecule is COC1CCC(NC(=O)CCC(=O)NCCOCCOCC(=O)O[C@@H]2CCC3C4CC=C5C[C@H](O)CC[C@@]5(C)C4CC[C@]32C)C(O)C1C(N)=O. The molecule has 11 atom stereocenters. The Balaban J connectivity index is 0.913. The first-order valence-corrected chi connectivity index (χ1v) is 18.7. The van der Waals surface area contributed by atoms with Gasteiger partial charge >= 0.3 is 5.97 Å². The van der Waals surface area contributed by atoms with Gasteiger partial charge in [0.15, 0.2) is 0 Å². The first-order chi connectivity index (χ1) is 23.9. The van der Waals surface area contributed by atoms with Crippen LogP contribution in [0.1, 0.15) is 90.9 Å². The van der Waals surface area contributed by atoms with Crippen molar-refractivity contribution < 1.29 is 48.3 Å². The Morgan fingerprint density at radius 1 is 0.920 bits per heavy atom. The summed E-state index contributed by atoms with van der Waals surface area (Å²) in [6, 6.07) is -0.643. The lowest BCUT2D eigenvalue weighted by atomic mass is 9.48. The molecule has 13 nitrogen and oxygen atoms in total. The second kappa shape index (κ2) is 16.8. The van der Waals surface area contributed by atoms with Crippen LogP contribution >= 0.6 is 0 Å².